The number of anilines is 2. The third-order valence-electron chi connectivity index (χ3n) is 5.77. The Balaban J connectivity index is 1.19. The fourth-order valence-electron chi connectivity index (χ4n) is 4.17. The summed E-state index contributed by atoms with van der Waals surface area (Å²) in [5, 5.41) is 6.18. The first-order chi connectivity index (χ1) is 15.7. The first-order valence-corrected chi connectivity index (χ1v) is 10.8. The number of morpholine rings is 1. The quantitative estimate of drug-likeness (QED) is 0.409. The number of hydrogen-bond donors (Lipinski definition) is 2. The number of carbonyl (C=O) groups is 2. The van der Waals surface area contributed by atoms with Crippen molar-refractivity contribution in [1.29, 1.82) is 0 Å². The van der Waals surface area contributed by atoms with Crippen LogP contribution in [0.25, 0.3) is 11.3 Å². The predicted molar refractivity (Wildman–Crippen MR) is 120 cm³/mol. The summed E-state index contributed by atoms with van der Waals surface area (Å²) in [5.74, 6) is 0.253. The van der Waals surface area contributed by atoms with Gasteiger partial charge in [0.15, 0.2) is 0 Å². The number of amides is 1. The third-order valence-corrected chi connectivity index (χ3v) is 5.77. The van der Waals surface area contributed by atoms with Gasteiger partial charge in [-0.2, -0.15) is 0 Å². The molecule has 2 aromatic carbocycles. The highest BCUT2D eigenvalue weighted by molar-refractivity contribution is 6.36. The van der Waals surface area contributed by atoms with Crippen LogP contribution in [-0.4, -0.2) is 62.8 Å². The SMILES string of the molecule is O=C(CN1CCOCC1)OCCNc1ccc2c(c1)COC2=C1C(=O)Nc2ccccc21. The minimum atomic E-state index is -0.220. The van der Waals surface area contributed by atoms with Crippen LogP contribution in [0.2, 0.25) is 0 Å². The van der Waals surface area contributed by atoms with E-state index in [9.17, 15) is 9.59 Å². The lowest BCUT2D eigenvalue weighted by molar-refractivity contribution is -0.145. The van der Waals surface area contributed by atoms with Crippen molar-refractivity contribution in [2.45, 2.75) is 6.61 Å². The summed E-state index contributed by atoms with van der Waals surface area (Å²) in [7, 11) is 0. The van der Waals surface area contributed by atoms with Crippen LogP contribution in [0, 0.1) is 0 Å². The van der Waals surface area contributed by atoms with Gasteiger partial charge in [0.25, 0.3) is 5.91 Å². The number of para-hydroxylation sites is 1. The van der Waals surface area contributed by atoms with Gasteiger partial charge in [-0.3, -0.25) is 14.5 Å². The molecular formula is C24H25N3O5. The smallest absolute Gasteiger partial charge is 0.320 e. The molecule has 0 radical (unpaired) electrons. The van der Waals surface area contributed by atoms with Gasteiger partial charge in [0.05, 0.1) is 25.3 Å². The van der Waals surface area contributed by atoms with Crippen molar-refractivity contribution in [2.75, 3.05) is 56.6 Å². The van der Waals surface area contributed by atoms with Crippen LogP contribution in [0.1, 0.15) is 16.7 Å². The van der Waals surface area contributed by atoms with E-state index in [2.05, 4.69) is 10.6 Å². The van der Waals surface area contributed by atoms with Crippen LogP contribution in [0.15, 0.2) is 42.5 Å². The highest BCUT2D eigenvalue weighted by Gasteiger charge is 2.32. The van der Waals surface area contributed by atoms with Gasteiger partial charge in [-0.25, -0.2) is 0 Å². The monoisotopic (exact) mass is 435 g/mol. The zero-order chi connectivity index (χ0) is 21.9. The van der Waals surface area contributed by atoms with Crippen LogP contribution in [-0.2, 0) is 30.4 Å². The van der Waals surface area contributed by atoms with E-state index in [0.717, 1.165) is 41.2 Å². The molecule has 0 unspecified atom stereocenters. The fourth-order valence-corrected chi connectivity index (χ4v) is 4.17. The molecule has 1 amide bonds. The zero-order valence-electron chi connectivity index (χ0n) is 17.7. The number of nitrogens with one attached hydrogen (secondary N) is 2. The second kappa shape index (κ2) is 9.02. The maximum Gasteiger partial charge on any atom is 0.320 e. The molecule has 0 saturated carbocycles. The topological polar surface area (TPSA) is 89.1 Å². The summed E-state index contributed by atoms with van der Waals surface area (Å²) >= 11 is 0. The van der Waals surface area contributed by atoms with Gasteiger partial charge in [-0.05, 0) is 24.3 Å². The second-order valence-corrected chi connectivity index (χ2v) is 7.90. The molecule has 2 N–H and O–H groups in total. The fraction of sp³-hybridized carbons (Fsp3) is 0.333. The Morgan fingerprint density at radius 1 is 1.12 bits per heavy atom. The average molecular weight is 435 g/mol. The van der Waals surface area contributed by atoms with Crippen molar-refractivity contribution >= 4 is 34.6 Å². The number of benzene rings is 2. The number of carbonyl (C=O) groups excluding carboxylic acids is 2. The molecule has 0 spiro atoms. The van der Waals surface area contributed by atoms with Crippen molar-refractivity contribution in [3.63, 3.8) is 0 Å². The van der Waals surface area contributed by atoms with Crippen molar-refractivity contribution in [1.82, 2.24) is 4.90 Å². The molecule has 1 fully saturated rings. The number of ether oxygens (including phenoxy) is 3. The molecule has 3 aliphatic heterocycles. The summed E-state index contributed by atoms with van der Waals surface area (Å²) in [5.41, 5.74) is 5.10. The molecule has 0 aliphatic carbocycles. The molecule has 0 atom stereocenters. The van der Waals surface area contributed by atoms with E-state index in [1.54, 1.807) is 0 Å². The lowest BCUT2D eigenvalue weighted by atomic mass is 10.0. The van der Waals surface area contributed by atoms with Gasteiger partial charge in [0.2, 0.25) is 0 Å². The van der Waals surface area contributed by atoms with Gasteiger partial charge in [0.1, 0.15) is 19.0 Å². The highest BCUT2D eigenvalue weighted by Crippen LogP contribution is 2.41. The molecule has 8 nitrogen and oxygen atoms in total. The molecule has 32 heavy (non-hydrogen) atoms. The molecular weight excluding hydrogens is 410 g/mol. The maximum atomic E-state index is 12.5. The second-order valence-electron chi connectivity index (χ2n) is 7.90. The van der Waals surface area contributed by atoms with Crippen molar-refractivity contribution in [3.05, 3.63) is 59.2 Å². The number of rotatable bonds is 6. The summed E-state index contributed by atoms with van der Waals surface area (Å²) in [6.45, 7) is 4.35. The molecule has 166 valence electrons. The van der Waals surface area contributed by atoms with Crippen LogP contribution in [0.3, 0.4) is 0 Å². The van der Waals surface area contributed by atoms with E-state index < -0.39 is 0 Å². The Morgan fingerprint density at radius 2 is 1.97 bits per heavy atom. The Kier molecular flexibility index (Phi) is 5.79. The summed E-state index contributed by atoms with van der Waals surface area (Å²) < 4.78 is 16.5. The lowest BCUT2D eigenvalue weighted by Crippen LogP contribution is -2.40. The van der Waals surface area contributed by atoms with Gasteiger partial charge in [-0.15, -0.1) is 0 Å². The van der Waals surface area contributed by atoms with E-state index in [4.69, 9.17) is 14.2 Å². The Morgan fingerprint density at radius 3 is 2.84 bits per heavy atom. The van der Waals surface area contributed by atoms with Gasteiger partial charge < -0.3 is 24.8 Å². The number of nitrogens with zero attached hydrogens (tertiary/aromatic N) is 1. The van der Waals surface area contributed by atoms with Crippen LogP contribution < -0.4 is 10.6 Å². The summed E-state index contributed by atoms with van der Waals surface area (Å²) in [4.78, 5) is 26.5. The zero-order valence-corrected chi connectivity index (χ0v) is 17.7. The van der Waals surface area contributed by atoms with Crippen molar-refractivity contribution in [3.8, 4) is 0 Å². The van der Waals surface area contributed by atoms with Crippen LogP contribution in [0.4, 0.5) is 11.4 Å². The van der Waals surface area contributed by atoms with E-state index in [1.165, 1.54) is 0 Å². The molecule has 0 aromatic heterocycles. The minimum Gasteiger partial charge on any atom is -0.487 e. The minimum absolute atomic E-state index is 0.143. The standard InChI is InChI=1S/C24H25N3O5/c28-21(14-27-8-11-30-12-9-27)31-10-7-25-17-5-6-18-16(13-17)15-32-23(18)22-19-3-1-2-4-20(19)26-24(22)29/h1-6,13,25H,7-12,14-15H2,(H,26,29). The maximum absolute atomic E-state index is 12.5. The number of hydrogen-bond acceptors (Lipinski definition) is 7. The van der Waals surface area contributed by atoms with Gasteiger partial charge in [-0.1, -0.05) is 18.2 Å². The first kappa shape index (κ1) is 20.5. The normalized spacial score (nSPS) is 19.7. The Labute approximate surface area is 186 Å². The predicted octanol–water partition coefficient (Wildman–Crippen LogP) is 2.32. The average Bonchev–Trinajstić information content (AvgIpc) is 3.36. The number of esters is 1. The molecule has 2 aromatic rings. The molecule has 3 heterocycles. The van der Waals surface area contributed by atoms with E-state index in [0.29, 0.717) is 50.8 Å². The summed E-state index contributed by atoms with van der Waals surface area (Å²) in [6, 6.07) is 13.5. The largest absolute Gasteiger partial charge is 0.487 e. The van der Waals surface area contributed by atoms with Crippen LogP contribution >= 0.6 is 0 Å². The molecule has 0 bridgehead atoms. The molecule has 3 aliphatic rings. The Bertz CT molecular complexity index is 1080. The van der Waals surface area contributed by atoms with Crippen LogP contribution in [0.5, 0.6) is 0 Å². The van der Waals surface area contributed by atoms with E-state index in [1.807, 2.05) is 47.4 Å². The van der Waals surface area contributed by atoms with E-state index >= 15 is 0 Å². The molecule has 8 heteroatoms. The first-order valence-electron chi connectivity index (χ1n) is 10.8. The highest BCUT2D eigenvalue weighted by atomic mass is 16.5. The van der Waals surface area contributed by atoms with E-state index in [-0.39, 0.29) is 11.9 Å². The van der Waals surface area contributed by atoms with Gasteiger partial charge in [0, 0.05) is 47.7 Å². The summed E-state index contributed by atoms with van der Waals surface area (Å²) in [6.07, 6.45) is 0. The lowest BCUT2D eigenvalue weighted by Gasteiger charge is -2.25. The Hall–Kier alpha value is -3.36. The van der Waals surface area contributed by atoms with Crippen molar-refractivity contribution in [2.24, 2.45) is 0 Å². The van der Waals surface area contributed by atoms with Gasteiger partial charge >= 0.3 is 5.97 Å². The molecule has 1 saturated heterocycles. The number of fused-ring (bicyclic) bond motifs is 2. The third kappa shape index (κ3) is 4.19. The van der Waals surface area contributed by atoms with Crippen molar-refractivity contribution < 1.29 is 23.8 Å². The molecule has 5 rings (SSSR count).